The summed E-state index contributed by atoms with van der Waals surface area (Å²) in [6.07, 6.45) is -3.09. The Balaban J connectivity index is 2.04. The molecule has 0 radical (unpaired) electrons. The zero-order chi connectivity index (χ0) is 17.6. The molecule has 0 aromatic rings. The Labute approximate surface area is 144 Å². The molecule has 1 fully saturated rings. The van der Waals surface area contributed by atoms with Crippen molar-refractivity contribution in [2.75, 3.05) is 13.2 Å². The molecule has 4 atom stereocenters. The topological polar surface area (TPSA) is 141 Å². The monoisotopic (exact) mass is 402 g/mol. The van der Waals surface area contributed by atoms with Crippen LogP contribution in [0.5, 0.6) is 0 Å². The average molecular weight is 401 g/mol. The van der Waals surface area contributed by atoms with Crippen LogP contribution in [0.25, 0.3) is 0 Å². The summed E-state index contributed by atoms with van der Waals surface area (Å²) in [5.41, 5.74) is 0.178. The zero-order valence-corrected chi connectivity index (χ0v) is 14.1. The third-order valence-electron chi connectivity index (χ3n) is 3.89. The Morgan fingerprint density at radius 3 is 2.79 bits per heavy atom. The van der Waals surface area contributed by atoms with E-state index < -0.39 is 37.1 Å². The van der Waals surface area contributed by atoms with Crippen LogP contribution in [0.3, 0.4) is 0 Å². The van der Waals surface area contributed by atoms with Crippen LogP contribution in [0.4, 0.5) is 0 Å². The molecule has 0 saturated carbocycles. The van der Waals surface area contributed by atoms with Crippen molar-refractivity contribution in [2.24, 2.45) is 4.99 Å². The van der Waals surface area contributed by atoms with E-state index in [0.29, 0.717) is 4.67 Å². The number of aliphatic hydroxyl groups is 3. The van der Waals surface area contributed by atoms with Crippen molar-refractivity contribution in [3.63, 3.8) is 0 Å². The number of amides is 1. The van der Waals surface area contributed by atoms with Gasteiger partial charge in [-0.25, -0.2) is 0 Å². The second-order valence-corrected chi connectivity index (χ2v) is 6.13. The van der Waals surface area contributed by atoms with Crippen LogP contribution in [0.2, 0.25) is 0 Å². The molecule has 24 heavy (non-hydrogen) atoms. The van der Waals surface area contributed by atoms with Gasteiger partial charge >= 0.3 is 144 Å². The molecule has 0 bridgehead atoms. The molecule has 0 spiro atoms. The third-order valence-corrected chi connectivity index (χ3v) is 4.77. The predicted molar refractivity (Wildman–Crippen MR) is 84.0 cm³/mol. The van der Waals surface area contributed by atoms with E-state index in [1.54, 1.807) is 10.7 Å². The molecule has 0 unspecified atom stereocenters. The molecule has 0 aromatic carbocycles. The predicted octanol–water partition coefficient (Wildman–Crippen LogP) is -3.90. The molecule has 1 amide bonds. The fourth-order valence-electron chi connectivity index (χ4n) is 2.80. The van der Waals surface area contributed by atoms with Crippen molar-refractivity contribution in [3.8, 4) is 0 Å². The molecule has 3 heterocycles. The minimum atomic E-state index is -1.34. The van der Waals surface area contributed by atoms with E-state index in [2.05, 4.69) is 32.5 Å². The molecule has 3 aliphatic heterocycles. The second kappa shape index (κ2) is 6.28. The molecule has 1 saturated heterocycles. The summed E-state index contributed by atoms with van der Waals surface area (Å²) in [6, 6.07) is 0. The molecule has 5 N–H and O–H groups in total. The Morgan fingerprint density at radius 2 is 2.21 bits per heavy atom. The SMILES string of the molecule is C=CC[N+]1=C2C(=O)NC(=N)N=C2N([C@@H]2O[C@H](CO)[C@@H](O)[C@H]2O)C1=[Se]. The van der Waals surface area contributed by atoms with Gasteiger partial charge in [-0.15, -0.1) is 0 Å². The van der Waals surface area contributed by atoms with Gasteiger partial charge in [0.1, 0.15) is 0 Å². The zero-order valence-electron chi connectivity index (χ0n) is 12.4. The van der Waals surface area contributed by atoms with Crippen molar-refractivity contribution in [3.05, 3.63) is 12.7 Å². The summed E-state index contributed by atoms with van der Waals surface area (Å²) < 4.78 is 7.50. The van der Waals surface area contributed by atoms with E-state index in [9.17, 15) is 20.1 Å². The number of nitrogens with zero attached hydrogens (tertiary/aromatic N) is 3. The van der Waals surface area contributed by atoms with Gasteiger partial charge in [-0.2, -0.15) is 0 Å². The van der Waals surface area contributed by atoms with Gasteiger partial charge in [-0.05, 0) is 0 Å². The number of aliphatic imine (C=N–C) groups is 1. The first kappa shape index (κ1) is 17.1. The first-order chi connectivity index (χ1) is 11.4. The van der Waals surface area contributed by atoms with E-state index >= 15 is 0 Å². The molecule has 0 aromatic heterocycles. The van der Waals surface area contributed by atoms with Crippen molar-refractivity contribution in [1.82, 2.24) is 10.2 Å². The van der Waals surface area contributed by atoms with Gasteiger partial charge in [-0.1, -0.05) is 0 Å². The number of guanidine groups is 1. The van der Waals surface area contributed by atoms with Crippen LogP contribution in [0.15, 0.2) is 17.6 Å². The van der Waals surface area contributed by atoms with Crippen molar-refractivity contribution in [1.29, 1.82) is 5.41 Å². The van der Waals surface area contributed by atoms with Crippen LogP contribution in [0.1, 0.15) is 0 Å². The number of carbonyl (C=O) groups is 1. The number of hydrogen-bond donors (Lipinski definition) is 5. The molecule has 10 nitrogen and oxygen atoms in total. The van der Waals surface area contributed by atoms with Crippen molar-refractivity contribution in [2.45, 2.75) is 24.5 Å². The molecule has 3 aliphatic rings. The molecular weight excluding hydrogens is 385 g/mol. The first-order valence-corrected chi connectivity index (χ1v) is 7.96. The maximum atomic E-state index is 12.3. The summed E-state index contributed by atoms with van der Waals surface area (Å²) in [6.45, 7) is 3.45. The maximum absolute atomic E-state index is 12.3. The average Bonchev–Trinajstić information content (AvgIpc) is 2.96. The van der Waals surface area contributed by atoms with Crippen LogP contribution >= 0.6 is 0 Å². The standard InChI is InChI=1S/C13H15N5O5Se/c1-2-3-17-6-9(15-12(14)16-10(6)22)18(13(17)24)11-8(21)7(20)5(4-19)23-11/h2,5,7-8,11,19-21H,1,3-4H2,(H-,14,16,22)/p+1/t5-,7-,8-,11-/m1/s1. The third kappa shape index (κ3) is 2.46. The molecule has 0 aliphatic carbocycles. The second-order valence-electron chi connectivity index (χ2n) is 5.37. The molecular formula is C13H16N5O5Se+. The van der Waals surface area contributed by atoms with Crippen molar-refractivity contribution >= 4 is 43.7 Å². The summed E-state index contributed by atoms with van der Waals surface area (Å²) in [5.74, 6) is -0.744. The van der Waals surface area contributed by atoms with Gasteiger partial charge in [0, 0.05) is 0 Å². The quantitative estimate of drug-likeness (QED) is 0.185. The van der Waals surface area contributed by atoms with Gasteiger partial charge in [0.25, 0.3) is 0 Å². The number of aliphatic hydroxyl groups excluding tert-OH is 3. The van der Waals surface area contributed by atoms with E-state index in [1.807, 2.05) is 0 Å². The number of ether oxygens (including phenoxy) is 1. The van der Waals surface area contributed by atoms with E-state index in [1.165, 1.54) is 4.90 Å². The van der Waals surface area contributed by atoms with Crippen molar-refractivity contribution < 1.29 is 29.4 Å². The Bertz CT molecular complexity index is 705. The van der Waals surface area contributed by atoms with Crippen LogP contribution in [0, 0.1) is 5.41 Å². The Morgan fingerprint density at radius 1 is 1.50 bits per heavy atom. The van der Waals surface area contributed by atoms with Crippen LogP contribution in [-0.2, 0) is 9.53 Å². The normalized spacial score (nSPS) is 32.9. The number of fused-ring (bicyclic) bond motifs is 1. The van der Waals surface area contributed by atoms with E-state index in [4.69, 9.17) is 10.1 Å². The van der Waals surface area contributed by atoms with Gasteiger partial charge in [0.05, 0.1) is 0 Å². The molecule has 11 heteroatoms. The van der Waals surface area contributed by atoms with Gasteiger partial charge in [0.15, 0.2) is 0 Å². The number of carbonyl (C=O) groups excluding carboxylic acids is 1. The van der Waals surface area contributed by atoms with E-state index in [0.717, 1.165) is 0 Å². The number of hydrogen-bond acceptors (Lipinski definition) is 7. The minimum absolute atomic E-state index is 0.120. The summed E-state index contributed by atoms with van der Waals surface area (Å²) >= 11 is 2.79. The summed E-state index contributed by atoms with van der Waals surface area (Å²) in [5, 5.41) is 39.4. The van der Waals surface area contributed by atoms with E-state index in [-0.39, 0.29) is 24.1 Å². The Hall–Kier alpha value is -1.75. The van der Waals surface area contributed by atoms with Gasteiger partial charge in [0.2, 0.25) is 0 Å². The fraction of sp³-hybridized carbons (Fsp3) is 0.462. The molecule has 128 valence electrons. The summed E-state index contributed by atoms with van der Waals surface area (Å²) in [7, 11) is 0. The van der Waals surface area contributed by atoms with Gasteiger partial charge in [-0.3, -0.25) is 0 Å². The first-order valence-electron chi connectivity index (χ1n) is 7.10. The number of rotatable bonds is 4. The number of nitrogens with one attached hydrogen (secondary N) is 2. The molecule has 3 rings (SSSR count). The fourth-order valence-corrected chi connectivity index (χ4v) is 3.55. The summed E-state index contributed by atoms with van der Waals surface area (Å²) in [4.78, 5) is 17.7. The van der Waals surface area contributed by atoms with Crippen LogP contribution in [-0.4, -0.2) is 106 Å². The van der Waals surface area contributed by atoms with Crippen LogP contribution < -0.4 is 5.32 Å². The Kier molecular flexibility index (Phi) is 4.47. The van der Waals surface area contributed by atoms with Gasteiger partial charge < -0.3 is 0 Å². The number of amidine groups is 1.